The van der Waals surface area contributed by atoms with E-state index in [1.807, 2.05) is 0 Å². The largest absolute Gasteiger partial charge is 0.333 e. The second kappa shape index (κ2) is 4.97. The van der Waals surface area contributed by atoms with E-state index in [9.17, 15) is 14.4 Å². The highest BCUT2D eigenvalue weighted by Crippen LogP contribution is 2.17. The number of hydrogen-bond acceptors (Lipinski definition) is 3. The fraction of sp³-hybridized carbons (Fsp3) is 0.154. The van der Waals surface area contributed by atoms with Gasteiger partial charge in [-0.1, -0.05) is 15.9 Å². The Bertz CT molecular complexity index is 774. The van der Waals surface area contributed by atoms with Crippen LogP contribution < -0.4 is 11.2 Å². The maximum atomic E-state index is 12.2. The summed E-state index contributed by atoms with van der Waals surface area (Å²) in [7, 11) is 0. The van der Waals surface area contributed by atoms with Crippen molar-refractivity contribution in [1.29, 1.82) is 0 Å². The van der Waals surface area contributed by atoms with Gasteiger partial charge >= 0.3 is 5.69 Å². The molecule has 0 aliphatic heterocycles. The van der Waals surface area contributed by atoms with Crippen LogP contribution in [0.25, 0.3) is 5.69 Å². The van der Waals surface area contributed by atoms with Crippen LogP contribution in [0.3, 0.4) is 0 Å². The summed E-state index contributed by atoms with van der Waals surface area (Å²) >= 11 is 3.32. The van der Waals surface area contributed by atoms with Crippen molar-refractivity contribution in [3.05, 3.63) is 60.8 Å². The van der Waals surface area contributed by atoms with E-state index in [1.54, 1.807) is 25.1 Å². The topological polar surface area (TPSA) is 71.9 Å². The lowest BCUT2D eigenvalue weighted by molar-refractivity contribution is 0.101. The standard InChI is InChI=1S/C13H11BrN2O3/c1-7-5-9(14)3-4-11(7)16-12(18)10(8(2)17)6-15-13(16)19/h3-6H,1-2H3,(H,15,19). The smallest absolute Gasteiger partial charge is 0.313 e. The van der Waals surface area contributed by atoms with Crippen molar-refractivity contribution in [1.82, 2.24) is 9.55 Å². The van der Waals surface area contributed by atoms with E-state index in [4.69, 9.17) is 0 Å². The zero-order valence-corrected chi connectivity index (χ0v) is 11.9. The number of hydrogen-bond donors (Lipinski definition) is 1. The number of Topliss-reactive ketones (excluding diaryl/α,β-unsaturated/α-hetero) is 1. The fourth-order valence-corrected chi connectivity index (χ4v) is 2.29. The lowest BCUT2D eigenvalue weighted by Crippen LogP contribution is -2.36. The molecule has 0 amide bonds. The highest BCUT2D eigenvalue weighted by Gasteiger charge is 2.13. The molecule has 0 unspecified atom stereocenters. The third kappa shape index (κ3) is 2.44. The molecule has 98 valence electrons. The molecule has 0 saturated carbocycles. The number of rotatable bonds is 2. The van der Waals surface area contributed by atoms with Gasteiger partial charge in [0, 0.05) is 10.7 Å². The number of ketones is 1. The van der Waals surface area contributed by atoms with Crippen LogP contribution in [0.4, 0.5) is 0 Å². The lowest BCUT2D eigenvalue weighted by atomic mass is 10.2. The van der Waals surface area contributed by atoms with Gasteiger partial charge in [-0.05, 0) is 37.6 Å². The van der Waals surface area contributed by atoms with Crippen molar-refractivity contribution in [3.63, 3.8) is 0 Å². The molecule has 1 heterocycles. The first kappa shape index (κ1) is 13.5. The van der Waals surface area contributed by atoms with Crippen LogP contribution in [0, 0.1) is 6.92 Å². The predicted octanol–water partition coefficient (Wildman–Crippen LogP) is 1.80. The molecule has 1 aromatic heterocycles. The first-order valence-electron chi connectivity index (χ1n) is 5.54. The number of nitrogens with zero attached hydrogens (tertiary/aromatic N) is 1. The Morgan fingerprint density at radius 1 is 1.32 bits per heavy atom. The van der Waals surface area contributed by atoms with Gasteiger partial charge in [-0.2, -0.15) is 0 Å². The lowest BCUT2D eigenvalue weighted by Gasteiger charge is -2.09. The Labute approximate surface area is 117 Å². The number of nitrogens with one attached hydrogen (secondary N) is 1. The van der Waals surface area contributed by atoms with Crippen LogP contribution in [-0.4, -0.2) is 15.3 Å². The summed E-state index contributed by atoms with van der Waals surface area (Å²) in [5, 5.41) is 0. The van der Waals surface area contributed by atoms with E-state index in [1.165, 1.54) is 6.92 Å². The molecule has 0 bridgehead atoms. The monoisotopic (exact) mass is 322 g/mol. The van der Waals surface area contributed by atoms with Gasteiger partial charge in [0.05, 0.1) is 11.3 Å². The molecule has 19 heavy (non-hydrogen) atoms. The quantitative estimate of drug-likeness (QED) is 0.857. The number of benzene rings is 1. The van der Waals surface area contributed by atoms with E-state index >= 15 is 0 Å². The van der Waals surface area contributed by atoms with E-state index in [0.717, 1.165) is 20.8 Å². The van der Waals surface area contributed by atoms with Crippen molar-refractivity contribution >= 4 is 21.7 Å². The Morgan fingerprint density at radius 2 is 2.00 bits per heavy atom. The summed E-state index contributed by atoms with van der Waals surface area (Å²) < 4.78 is 1.82. The van der Waals surface area contributed by atoms with Crippen LogP contribution in [0.2, 0.25) is 0 Å². The minimum Gasteiger partial charge on any atom is -0.313 e. The highest BCUT2D eigenvalue weighted by molar-refractivity contribution is 9.10. The normalized spacial score (nSPS) is 10.5. The SMILES string of the molecule is CC(=O)c1c[nH]c(=O)n(-c2ccc(Br)cc2C)c1=O. The molecule has 0 fully saturated rings. The summed E-state index contributed by atoms with van der Waals surface area (Å²) in [5.74, 6) is -0.384. The fourth-order valence-electron chi connectivity index (χ4n) is 1.81. The molecule has 0 saturated heterocycles. The Morgan fingerprint density at radius 3 is 2.58 bits per heavy atom. The van der Waals surface area contributed by atoms with E-state index < -0.39 is 11.2 Å². The van der Waals surface area contributed by atoms with Crippen molar-refractivity contribution < 1.29 is 4.79 Å². The van der Waals surface area contributed by atoms with Gasteiger partial charge in [-0.15, -0.1) is 0 Å². The molecule has 1 aromatic carbocycles. The second-order valence-corrected chi connectivity index (χ2v) is 5.05. The summed E-state index contributed by atoms with van der Waals surface area (Å²) in [6.07, 6.45) is 1.15. The van der Waals surface area contributed by atoms with Crippen molar-refractivity contribution in [2.24, 2.45) is 0 Å². The minimum absolute atomic E-state index is 0.0399. The van der Waals surface area contributed by atoms with Crippen molar-refractivity contribution in [2.75, 3.05) is 0 Å². The predicted molar refractivity (Wildman–Crippen MR) is 75.1 cm³/mol. The highest BCUT2D eigenvalue weighted by atomic mass is 79.9. The summed E-state index contributed by atoms with van der Waals surface area (Å²) in [6, 6.07) is 5.18. The molecule has 1 N–H and O–H groups in total. The minimum atomic E-state index is -0.610. The number of aryl methyl sites for hydroxylation is 1. The maximum absolute atomic E-state index is 12.2. The molecular weight excluding hydrogens is 312 g/mol. The molecule has 2 aromatic rings. The summed E-state index contributed by atoms with van der Waals surface area (Å²) in [4.78, 5) is 37.8. The zero-order chi connectivity index (χ0) is 14.2. The van der Waals surface area contributed by atoms with Crippen LogP contribution in [-0.2, 0) is 0 Å². The molecular formula is C13H11BrN2O3. The van der Waals surface area contributed by atoms with Crippen LogP contribution in [0.5, 0.6) is 0 Å². The van der Waals surface area contributed by atoms with Crippen LogP contribution >= 0.6 is 15.9 Å². The molecule has 0 aliphatic carbocycles. The first-order chi connectivity index (χ1) is 8.91. The number of halogens is 1. The van der Waals surface area contributed by atoms with Gasteiger partial charge in [-0.25, -0.2) is 9.36 Å². The van der Waals surface area contributed by atoms with E-state index in [2.05, 4.69) is 20.9 Å². The van der Waals surface area contributed by atoms with E-state index in [-0.39, 0.29) is 11.3 Å². The Balaban J connectivity index is 2.82. The maximum Gasteiger partial charge on any atom is 0.333 e. The van der Waals surface area contributed by atoms with Gasteiger partial charge in [-0.3, -0.25) is 9.59 Å². The number of carbonyl (C=O) groups is 1. The second-order valence-electron chi connectivity index (χ2n) is 4.14. The molecule has 0 atom stereocenters. The van der Waals surface area contributed by atoms with Crippen molar-refractivity contribution in [3.8, 4) is 5.69 Å². The zero-order valence-electron chi connectivity index (χ0n) is 10.4. The van der Waals surface area contributed by atoms with Gasteiger partial charge in [0.1, 0.15) is 0 Å². The average molecular weight is 323 g/mol. The Kier molecular flexibility index (Phi) is 3.53. The number of aromatic amines is 1. The van der Waals surface area contributed by atoms with Gasteiger partial charge < -0.3 is 4.98 Å². The van der Waals surface area contributed by atoms with Crippen LogP contribution in [0.15, 0.2) is 38.5 Å². The molecule has 6 heteroatoms. The van der Waals surface area contributed by atoms with Gasteiger partial charge in [0.15, 0.2) is 5.78 Å². The number of H-pyrrole nitrogens is 1. The first-order valence-corrected chi connectivity index (χ1v) is 6.33. The molecule has 0 spiro atoms. The third-order valence-corrected chi connectivity index (χ3v) is 3.25. The molecule has 5 nitrogen and oxygen atoms in total. The van der Waals surface area contributed by atoms with Crippen molar-refractivity contribution in [2.45, 2.75) is 13.8 Å². The molecule has 2 rings (SSSR count). The molecule has 0 radical (unpaired) electrons. The van der Waals surface area contributed by atoms with E-state index in [0.29, 0.717) is 5.69 Å². The average Bonchev–Trinajstić information content (AvgIpc) is 2.31. The summed E-state index contributed by atoms with van der Waals surface area (Å²) in [6.45, 7) is 3.07. The number of aromatic nitrogens is 2. The molecule has 0 aliphatic rings. The van der Waals surface area contributed by atoms with Gasteiger partial charge in [0.25, 0.3) is 5.56 Å². The van der Waals surface area contributed by atoms with Gasteiger partial charge in [0.2, 0.25) is 0 Å². The van der Waals surface area contributed by atoms with Crippen LogP contribution in [0.1, 0.15) is 22.8 Å². The Hall–Kier alpha value is -1.95. The third-order valence-electron chi connectivity index (χ3n) is 2.76. The number of carbonyl (C=O) groups excluding carboxylic acids is 1. The summed E-state index contributed by atoms with van der Waals surface area (Å²) in [5.41, 5.74) is -0.00996.